The third-order valence-corrected chi connectivity index (χ3v) is 5.76. The molecular formula is C15H21BrClNS. The highest BCUT2D eigenvalue weighted by Gasteiger charge is 2.26. The molecule has 1 N–H and O–H groups in total. The fraction of sp³-hybridized carbons (Fsp3) is 0.600. The van der Waals surface area contributed by atoms with Gasteiger partial charge in [-0.05, 0) is 49.6 Å². The van der Waals surface area contributed by atoms with Gasteiger partial charge in [-0.2, -0.15) is 11.8 Å². The first-order chi connectivity index (χ1) is 9.10. The van der Waals surface area contributed by atoms with Crippen LogP contribution in [0.2, 0.25) is 5.02 Å². The molecule has 0 amide bonds. The lowest BCUT2D eigenvalue weighted by Crippen LogP contribution is -2.29. The van der Waals surface area contributed by atoms with Gasteiger partial charge < -0.3 is 5.32 Å². The third kappa shape index (κ3) is 4.38. The summed E-state index contributed by atoms with van der Waals surface area (Å²) in [5, 5.41) is 5.41. The van der Waals surface area contributed by atoms with Crippen LogP contribution in [0.1, 0.15) is 44.7 Å². The maximum Gasteiger partial charge on any atom is 0.0464 e. The molecular weight excluding hydrogens is 342 g/mol. The van der Waals surface area contributed by atoms with Crippen LogP contribution in [0.5, 0.6) is 0 Å². The van der Waals surface area contributed by atoms with Crippen molar-refractivity contribution < 1.29 is 0 Å². The van der Waals surface area contributed by atoms with Gasteiger partial charge >= 0.3 is 0 Å². The van der Waals surface area contributed by atoms with Gasteiger partial charge in [-0.15, -0.1) is 0 Å². The molecule has 19 heavy (non-hydrogen) atoms. The average molecular weight is 363 g/mol. The van der Waals surface area contributed by atoms with Crippen LogP contribution in [0.15, 0.2) is 22.7 Å². The maximum absolute atomic E-state index is 6.31. The van der Waals surface area contributed by atoms with Gasteiger partial charge in [0.1, 0.15) is 0 Å². The molecule has 0 saturated heterocycles. The normalized spacial score (nSPS) is 24.6. The Labute approximate surface area is 134 Å². The van der Waals surface area contributed by atoms with Crippen molar-refractivity contribution in [3.8, 4) is 0 Å². The van der Waals surface area contributed by atoms with Crippen LogP contribution in [0.25, 0.3) is 0 Å². The van der Waals surface area contributed by atoms with E-state index >= 15 is 0 Å². The summed E-state index contributed by atoms with van der Waals surface area (Å²) >= 11 is 11.9. The molecule has 1 aliphatic carbocycles. The van der Waals surface area contributed by atoms with E-state index in [1.807, 2.05) is 6.07 Å². The zero-order valence-electron chi connectivity index (χ0n) is 11.5. The second-order valence-electron chi connectivity index (χ2n) is 5.14. The molecule has 1 aromatic carbocycles. The Balaban J connectivity index is 1.92. The molecule has 1 saturated carbocycles. The van der Waals surface area contributed by atoms with Crippen LogP contribution in [-0.2, 0) is 0 Å². The van der Waals surface area contributed by atoms with E-state index in [0.29, 0.717) is 12.1 Å². The molecule has 0 spiro atoms. The standard InChI is InChI=1S/C15H21BrClNS/c1-3-19-13-6-5-12(9-13)18-10(2)14-7-4-11(16)8-15(14)17/h4,7-8,10,12-13,18H,3,5-6,9H2,1-2H3. The van der Waals surface area contributed by atoms with Crippen molar-refractivity contribution in [3.05, 3.63) is 33.3 Å². The van der Waals surface area contributed by atoms with Crippen molar-refractivity contribution in [2.75, 3.05) is 5.75 Å². The van der Waals surface area contributed by atoms with Crippen molar-refractivity contribution in [1.29, 1.82) is 0 Å². The van der Waals surface area contributed by atoms with Crippen LogP contribution in [-0.4, -0.2) is 17.0 Å². The number of nitrogens with one attached hydrogen (secondary N) is 1. The maximum atomic E-state index is 6.31. The molecule has 1 nitrogen and oxygen atoms in total. The lowest BCUT2D eigenvalue weighted by Gasteiger charge is -2.21. The Kier molecular flexibility index (Phi) is 6.07. The summed E-state index contributed by atoms with van der Waals surface area (Å²) in [6.45, 7) is 4.45. The van der Waals surface area contributed by atoms with Crippen LogP contribution in [0, 0.1) is 0 Å². The molecule has 0 aromatic heterocycles. The van der Waals surface area contributed by atoms with Crippen LogP contribution < -0.4 is 5.32 Å². The Morgan fingerprint density at radius 3 is 2.95 bits per heavy atom. The van der Waals surface area contributed by atoms with Gasteiger partial charge in [-0.25, -0.2) is 0 Å². The van der Waals surface area contributed by atoms with E-state index in [2.05, 4.69) is 59.0 Å². The highest BCUT2D eigenvalue weighted by Crippen LogP contribution is 2.32. The minimum Gasteiger partial charge on any atom is -0.307 e. The molecule has 0 bridgehead atoms. The third-order valence-electron chi connectivity index (χ3n) is 3.70. The largest absolute Gasteiger partial charge is 0.307 e. The number of hydrogen-bond donors (Lipinski definition) is 1. The second-order valence-corrected chi connectivity index (χ2v) is 8.04. The van der Waals surface area contributed by atoms with Crippen LogP contribution >= 0.6 is 39.3 Å². The number of benzene rings is 1. The molecule has 0 radical (unpaired) electrons. The number of rotatable bonds is 5. The van der Waals surface area contributed by atoms with Crippen molar-refractivity contribution in [3.63, 3.8) is 0 Å². The molecule has 3 unspecified atom stereocenters. The Hall–Kier alpha value is 0.300. The van der Waals surface area contributed by atoms with Gasteiger partial charge in [-0.3, -0.25) is 0 Å². The van der Waals surface area contributed by atoms with Gasteiger partial charge in [0, 0.05) is 26.8 Å². The first-order valence-electron chi connectivity index (χ1n) is 6.92. The lowest BCUT2D eigenvalue weighted by molar-refractivity contribution is 0.462. The quantitative estimate of drug-likeness (QED) is 0.749. The van der Waals surface area contributed by atoms with E-state index in [1.54, 1.807) is 0 Å². The summed E-state index contributed by atoms with van der Waals surface area (Å²) < 4.78 is 1.04. The Morgan fingerprint density at radius 2 is 2.26 bits per heavy atom. The van der Waals surface area contributed by atoms with Gasteiger partial charge in [0.25, 0.3) is 0 Å². The predicted octanol–water partition coefficient (Wildman–Crippen LogP) is 5.43. The van der Waals surface area contributed by atoms with Crippen LogP contribution in [0.3, 0.4) is 0 Å². The van der Waals surface area contributed by atoms with E-state index in [-0.39, 0.29) is 0 Å². The molecule has 0 aliphatic heterocycles. The average Bonchev–Trinajstić information content (AvgIpc) is 2.76. The predicted molar refractivity (Wildman–Crippen MR) is 90.3 cm³/mol. The van der Waals surface area contributed by atoms with E-state index in [9.17, 15) is 0 Å². The molecule has 3 atom stereocenters. The van der Waals surface area contributed by atoms with E-state index in [1.165, 1.54) is 30.6 Å². The topological polar surface area (TPSA) is 12.0 Å². The van der Waals surface area contributed by atoms with Crippen molar-refractivity contribution >= 4 is 39.3 Å². The van der Waals surface area contributed by atoms with Crippen molar-refractivity contribution in [1.82, 2.24) is 5.32 Å². The highest BCUT2D eigenvalue weighted by molar-refractivity contribution is 9.10. The number of thioether (sulfide) groups is 1. The summed E-state index contributed by atoms with van der Waals surface area (Å²) in [5.41, 5.74) is 1.19. The molecule has 2 rings (SSSR count). The molecule has 1 aliphatic rings. The number of hydrogen-bond acceptors (Lipinski definition) is 2. The minimum absolute atomic E-state index is 0.316. The Morgan fingerprint density at radius 1 is 1.47 bits per heavy atom. The first-order valence-corrected chi connectivity index (χ1v) is 9.14. The van der Waals surface area contributed by atoms with Gasteiger partial charge in [0.2, 0.25) is 0 Å². The molecule has 1 aromatic rings. The Bertz CT molecular complexity index is 427. The first kappa shape index (κ1) is 15.7. The van der Waals surface area contributed by atoms with Crippen molar-refractivity contribution in [2.45, 2.75) is 50.4 Å². The van der Waals surface area contributed by atoms with Gasteiger partial charge in [-0.1, -0.05) is 40.5 Å². The summed E-state index contributed by atoms with van der Waals surface area (Å²) in [6.07, 6.45) is 3.92. The molecule has 0 heterocycles. The summed E-state index contributed by atoms with van der Waals surface area (Å²) in [6, 6.07) is 7.09. The van der Waals surface area contributed by atoms with Gasteiger partial charge in [0.05, 0.1) is 0 Å². The zero-order valence-corrected chi connectivity index (χ0v) is 14.6. The van der Waals surface area contributed by atoms with Crippen molar-refractivity contribution in [2.24, 2.45) is 0 Å². The number of halogens is 2. The van der Waals surface area contributed by atoms with Gasteiger partial charge in [0.15, 0.2) is 0 Å². The van der Waals surface area contributed by atoms with Crippen LogP contribution in [0.4, 0.5) is 0 Å². The smallest absolute Gasteiger partial charge is 0.0464 e. The molecule has 1 fully saturated rings. The molecule has 4 heteroatoms. The summed E-state index contributed by atoms with van der Waals surface area (Å²) in [4.78, 5) is 0. The van der Waals surface area contributed by atoms with E-state index in [4.69, 9.17) is 11.6 Å². The molecule has 106 valence electrons. The monoisotopic (exact) mass is 361 g/mol. The second kappa shape index (κ2) is 7.35. The highest BCUT2D eigenvalue weighted by atomic mass is 79.9. The van der Waals surface area contributed by atoms with E-state index < -0.39 is 0 Å². The zero-order chi connectivity index (χ0) is 13.8. The SMILES string of the molecule is CCSC1CCC(NC(C)c2ccc(Br)cc2Cl)C1. The van der Waals surface area contributed by atoms with E-state index in [0.717, 1.165) is 14.7 Å². The fourth-order valence-electron chi connectivity index (χ4n) is 2.77. The fourth-order valence-corrected chi connectivity index (χ4v) is 4.75. The minimum atomic E-state index is 0.316. The summed E-state index contributed by atoms with van der Waals surface area (Å²) in [7, 11) is 0. The lowest BCUT2D eigenvalue weighted by atomic mass is 10.1. The summed E-state index contributed by atoms with van der Waals surface area (Å²) in [5.74, 6) is 1.23.